The molecular formula is C14H20N4O3. The molecule has 1 aromatic rings. The van der Waals surface area contributed by atoms with Gasteiger partial charge < -0.3 is 15.0 Å². The molecule has 1 saturated heterocycles. The highest BCUT2D eigenvalue weighted by Gasteiger charge is 2.23. The predicted octanol–water partition coefficient (Wildman–Crippen LogP) is 1.17. The van der Waals surface area contributed by atoms with Crippen LogP contribution in [0.5, 0.6) is 0 Å². The van der Waals surface area contributed by atoms with Crippen LogP contribution >= 0.6 is 0 Å². The highest BCUT2D eigenvalue weighted by Crippen LogP contribution is 2.26. The van der Waals surface area contributed by atoms with E-state index in [2.05, 4.69) is 5.32 Å². The van der Waals surface area contributed by atoms with Gasteiger partial charge in [0.15, 0.2) is 0 Å². The molecule has 21 heavy (non-hydrogen) atoms. The molecule has 0 radical (unpaired) electrons. The van der Waals surface area contributed by atoms with Gasteiger partial charge in [-0.25, -0.2) is 10.6 Å². The van der Waals surface area contributed by atoms with Gasteiger partial charge in [-0.2, -0.15) is 0 Å². The summed E-state index contributed by atoms with van der Waals surface area (Å²) < 4.78 is 5.12. The summed E-state index contributed by atoms with van der Waals surface area (Å²) in [6.45, 7) is 3.40. The zero-order valence-corrected chi connectivity index (χ0v) is 12.0. The number of benzene rings is 1. The van der Waals surface area contributed by atoms with Crippen LogP contribution in [0.4, 0.5) is 16.2 Å². The van der Waals surface area contributed by atoms with Crippen molar-refractivity contribution < 1.29 is 14.3 Å². The lowest BCUT2D eigenvalue weighted by Gasteiger charge is -2.29. The summed E-state index contributed by atoms with van der Waals surface area (Å²) in [6.07, 6.45) is 0.771. The van der Waals surface area contributed by atoms with Gasteiger partial charge in [0, 0.05) is 13.1 Å². The van der Waals surface area contributed by atoms with Crippen molar-refractivity contribution >= 4 is 23.3 Å². The van der Waals surface area contributed by atoms with Crippen molar-refractivity contribution in [3.8, 4) is 0 Å². The van der Waals surface area contributed by atoms with Crippen molar-refractivity contribution in [3.05, 3.63) is 24.3 Å². The second kappa shape index (κ2) is 7.05. The number of urea groups is 1. The molecule has 3 amide bonds. The number of para-hydroxylation sites is 2. The van der Waals surface area contributed by atoms with E-state index in [0.717, 1.165) is 11.4 Å². The Hall–Kier alpha value is -2.12. The summed E-state index contributed by atoms with van der Waals surface area (Å²) in [7, 11) is 0. The van der Waals surface area contributed by atoms with E-state index >= 15 is 0 Å². The topological polar surface area (TPSA) is 87.9 Å². The van der Waals surface area contributed by atoms with Crippen molar-refractivity contribution in [2.75, 3.05) is 36.5 Å². The number of amides is 3. The SMILES string of the molecule is CCCN(N)C(=O)Nc1ccccc1N1CCOCC1=O. The molecule has 0 bridgehead atoms. The van der Waals surface area contributed by atoms with Crippen LogP contribution in [0.15, 0.2) is 24.3 Å². The van der Waals surface area contributed by atoms with Gasteiger partial charge in [0.05, 0.1) is 18.0 Å². The number of hydrazine groups is 1. The molecule has 2 rings (SSSR count). The van der Waals surface area contributed by atoms with Crippen molar-refractivity contribution in [2.45, 2.75) is 13.3 Å². The molecule has 7 nitrogen and oxygen atoms in total. The third kappa shape index (κ3) is 3.71. The van der Waals surface area contributed by atoms with E-state index in [1.165, 1.54) is 0 Å². The van der Waals surface area contributed by atoms with Gasteiger partial charge in [0.1, 0.15) is 6.61 Å². The summed E-state index contributed by atoms with van der Waals surface area (Å²) in [5.74, 6) is 5.53. The third-order valence-electron chi connectivity index (χ3n) is 3.15. The minimum absolute atomic E-state index is 0.0567. The summed E-state index contributed by atoms with van der Waals surface area (Å²) in [4.78, 5) is 25.5. The smallest absolute Gasteiger partial charge is 0.336 e. The molecule has 0 spiro atoms. The van der Waals surface area contributed by atoms with E-state index in [9.17, 15) is 9.59 Å². The number of nitrogens with one attached hydrogen (secondary N) is 1. The molecule has 7 heteroatoms. The quantitative estimate of drug-likeness (QED) is 0.495. The first-order valence-corrected chi connectivity index (χ1v) is 6.94. The molecule has 114 valence electrons. The first-order valence-electron chi connectivity index (χ1n) is 6.94. The summed E-state index contributed by atoms with van der Waals surface area (Å²) in [5, 5.41) is 3.86. The molecule has 0 unspecified atom stereocenters. The van der Waals surface area contributed by atoms with Gasteiger partial charge in [-0.05, 0) is 18.6 Å². The molecule has 1 heterocycles. The van der Waals surface area contributed by atoms with Crippen LogP contribution in [0.2, 0.25) is 0 Å². The van der Waals surface area contributed by atoms with E-state index in [4.69, 9.17) is 10.6 Å². The maximum atomic E-state index is 12.0. The number of rotatable bonds is 4. The lowest BCUT2D eigenvalue weighted by atomic mass is 10.2. The molecule has 0 aromatic heterocycles. The predicted molar refractivity (Wildman–Crippen MR) is 79.8 cm³/mol. The molecule has 3 N–H and O–H groups in total. The van der Waals surface area contributed by atoms with Crippen LogP contribution in [-0.2, 0) is 9.53 Å². The average molecular weight is 292 g/mol. The summed E-state index contributed by atoms with van der Waals surface area (Å²) >= 11 is 0. The second-order valence-corrected chi connectivity index (χ2v) is 4.74. The first kappa shape index (κ1) is 15.3. The Bertz CT molecular complexity index is 521. The molecule has 1 fully saturated rings. The number of carbonyl (C=O) groups excluding carboxylic acids is 2. The molecular weight excluding hydrogens is 272 g/mol. The molecule has 0 aliphatic carbocycles. The number of morpholine rings is 1. The molecule has 0 atom stereocenters. The van der Waals surface area contributed by atoms with Crippen molar-refractivity contribution in [1.29, 1.82) is 0 Å². The Morgan fingerprint density at radius 2 is 2.24 bits per heavy atom. The van der Waals surface area contributed by atoms with E-state index in [0.29, 0.717) is 31.1 Å². The van der Waals surface area contributed by atoms with Crippen LogP contribution in [0.1, 0.15) is 13.3 Å². The molecule has 1 aromatic carbocycles. The molecule has 1 aliphatic rings. The van der Waals surface area contributed by atoms with Crippen LogP contribution < -0.4 is 16.1 Å². The maximum absolute atomic E-state index is 12.0. The van der Waals surface area contributed by atoms with E-state index in [1.54, 1.807) is 23.1 Å². The van der Waals surface area contributed by atoms with Crippen molar-refractivity contribution in [2.24, 2.45) is 5.84 Å². The average Bonchev–Trinajstić information content (AvgIpc) is 2.49. The number of ether oxygens (including phenoxy) is 1. The van der Waals surface area contributed by atoms with Crippen LogP contribution in [0.25, 0.3) is 0 Å². The number of carbonyl (C=O) groups is 2. The van der Waals surface area contributed by atoms with Crippen molar-refractivity contribution in [3.63, 3.8) is 0 Å². The van der Waals surface area contributed by atoms with E-state index in [-0.39, 0.29) is 12.5 Å². The largest absolute Gasteiger partial charge is 0.370 e. The minimum atomic E-state index is -0.398. The van der Waals surface area contributed by atoms with Crippen LogP contribution in [0, 0.1) is 0 Å². The van der Waals surface area contributed by atoms with E-state index < -0.39 is 6.03 Å². The van der Waals surface area contributed by atoms with Gasteiger partial charge in [-0.1, -0.05) is 19.1 Å². The Balaban J connectivity index is 2.17. The normalized spacial score (nSPS) is 15.0. The fourth-order valence-electron chi connectivity index (χ4n) is 2.12. The monoisotopic (exact) mass is 292 g/mol. The van der Waals surface area contributed by atoms with Gasteiger partial charge in [-0.15, -0.1) is 0 Å². The first-order chi connectivity index (χ1) is 10.1. The lowest BCUT2D eigenvalue weighted by Crippen LogP contribution is -2.43. The fourth-order valence-corrected chi connectivity index (χ4v) is 2.12. The van der Waals surface area contributed by atoms with Crippen LogP contribution in [0.3, 0.4) is 0 Å². The number of hydrogen-bond donors (Lipinski definition) is 2. The van der Waals surface area contributed by atoms with Gasteiger partial charge in [0.25, 0.3) is 5.91 Å². The minimum Gasteiger partial charge on any atom is -0.370 e. The van der Waals surface area contributed by atoms with E-state index in [1.807, 2.05) is 13.0 Å². The van der Waals surface area contributed by atoms with Crippen molar-refractivity contribution in [1.82, 2.24) is 5.01 Å². The Morgan fingerprint density at radius 1 is 1.48 bits per heavy atom. The second-order valence-electron chi connectivity index (χ2n) is 4.74. The third-order valence-corrected chi connectivity index (χ3v) is 3.15. The highest BCUT2D eigenvalue weighted by atomic mass is 16.5. The number of nitrogens with zero attached hydrogens (tertiary/aromatic N) is 2. The number of hydrogen-bond acceptors (Lipinski definition) is 4. The van der Waals surface area contributed by atoms with Gasteiger partial charge in [-0.3, -0.25) is 9.80 Å². The summed E-state index contributed by atoms with van der Waals surface area (Å²) in [6, 6.07) is 6.75. The zero-order valence-electron chi connectivity index (χ0n) is 12.0. The molecule has 1 aliphatic heterocycles. The number of nitrogens with two attached hydrogens (primary N) is 1. The van der Waals surface area contributed by atoms with Gasteiger partial charge in [0.2, 0.25) is 0 Å². The fraction of sp³-hybridized carbons (Fsp3) is 0.429. The Morgan fingerprint density at radius 3 is 2.95 bits per heavy atom. The maximum Gasteiger partial charge on any atom is 0.336 e. The number of anilines is 2. The molecule has 0 saturated carbocycles. The van der Waals surface area contributed by atoms with Crippen LogP contribution in [-0.4, -0.2) is 43.3 Å². The zero-order chi connectivity index (χ0) is 15.2. The standard InChI is InChI=1S/C14H20N4O3/c1-2-7-18(15)14(20)16-11-5-3-4-6-12(11)17-8-9-21-10-13(17)19/h3-6H,2,7-10,15H2,1H3,(H,16,20). The Labute approximate surface area is 123 Å². The lowest BCUT2D eigenvalue weighted by molar-refractivity contribution is -0.125. The Kier molecular flexibility index (Phi) is 5.13. The summed E-state index contributed by atoms with van der Waals surface area (Å²) in [5.41, 5.74) is 1.22. The highest BCUT2D eigenvalue weighted by molar-refractivity contribution is 6.01. The van der Waals surface area contributed by atoms with Gasteiger partial charge >= 0.3 is 6.03 Å².